The summed E-state index contributed by atoms with van der Waals surface area (Å²) in [6.45, 7) is 0.590. The van der Waals surface area contributed by atoms with Gasteiger partial charge in [0.05, 0.1) is 10.5 Å². The highest BCUT2D eigenvalue weighted by Crippen LogP contribution is 2.32. The van der Waals surface area contributed by atoms with Crippen molar-refractivity contribution in [1.82, 2.24) is 34.3 Å². The Bertz CT molecular complexity index is 1420. The number of benzene rings is 1. The normalized spacial score (nSPS) is 16.5. The van der Waals surface area contributed by atoms with Crippen molar-refractivity contribution in [3.05, 3.63) is 76.2 Å². The van der Waals surface area contributed by atoms with Crippen LogP contribution in [0.3, 0.4) is 0 Å². The molecule has 1 aromatic carbocycles. The Morgan fingerprint density at radius 1 is 1.17 bits per heavy atom. The summed E-state index contributed by atoms with van der Waals surface area (Å²) in [6, 6.07) is 6.27. The zero-order chi connectivity index (χ0) is 24.7. The molecule has 1 unspecified atom stereocenters. The molecule has 4 aromatic rings. The maximum atomic E-state index is 13.2. The Kier molecular flexibility index (Phi) is 5.42. The fourth-order valence-electron chi connectivity index (χ4n) is 4.24. The number of carbonyl (C=O) groups excluding carboxylic acids is 1. The van der Waals surface area contributed by atoms with E-state index in [0.717, 1.165) is 12.3 Å². The van der Waals surface area contributed by atoms with Crippen LogP contribution in [0.4, 0.5) is 18.9 Å². The number of likely N-dealkylation sites (tertiary alicyclic amines) is 1. The van der Waals surface area contributed by atoms with E-state index in [0.29, 0.717) is 25.2 Å². The van der Waals surface area contributed by atoms with Crippen molar-refractivity contribution in [1.29, 1.82) is 0 Å². The largest absolute Gasteiger partial charge is 0.417 e. The van der Waals surface area contributed by atoms with Crippen LogP contribution in [0.1, 0.15) is 40.5 Å². The molecule has 180 valence electrons. The van der Waals surface area contributed by atoms with Crippen LogP contribution in [0.15, 0.2) is 49.2 Å². The molecule has 1 aliphatic rings. The van der Waals surface area contributed by atoms with Gasteiger partial charge >= 0.3 is 6.18 Å². The summed E-state index contributed by atoms with van der Waals surface area (Å²) in [5.74, 6) is -0.445. The Morgan fingerprint density at radius 2 is 2.00 bits per heavy atom. The molecule has 0 saturated carbocycles. The van der Waals surface area contributed by atoms with E-state index in [1.807, 2.05) is 0 Å². The first-order valence-corrected chi connectivity index (χ1v) is 10.6. The lowest BCUT2D eigenvalue weighted by Gasteiger charge is -2.32. The molecule has 5 rings (SSSR count). The molecule has 0 spiro atoms. The van der Waals surface area contributed by atoms with Crippen molar-refractivity contribution < 1.29 is 22.9 Å². The van der Waals surface area contributed by atoms with Crippen LogP contribution in [-0.2, 0) is 6.18 Å². The van der Waals surface area contributed by atoms with Gasteiger partial charge in [0.15, 0.2) is 5.65 Å². The quantitative estimate of drug-likeness (QED) is 0.320. The molecule has 0 N–H and O–H groups in total. The van der Waals surface area contributed by atoms with Crippen molar-refractivity contribution in [2.45, 2.75) is 24.9 Å². The van der Waals surface area contributed by atoms with Gasteiger partial charge in [-0.3, -0.25) is 19.3 Å². The third-order valence-corrected chi connectivity index (χ3v) is 5.91. The van der Waals surface area contributed by atoms with E-state index in [1.165, 1.54) is 50.9 Å². The summed E-state index contributed by atoms with van der Waals surface area (Å²) in [7, 11) is 0. The predicted molar refractivity (Wildman–Crippen MR) is 114 cm³/mol. The van der Waals surface area contributed by atoms with Gasteiger partial charge in [-0.05, 0) is 37.1 Å². The summed E-state index contributed by atoms with van der Waals surface area (Å²) in [4.78, 5) is 29.5. The van der Waals surface area contributed by atoms with Gasteiger partial charge in [-0.25, -0.2) is 9.67 Å². The van der Waals surface area contributed by atoms with E-state index in [9.17, 15) is 28.1 Å². The van der Waals surface area contributed by atoms with Gasteiger partial charge in [-0.2, -0.15) is 18.3 Å². The lowest BCUT2D eigenvalue weighted by Crippen LogP contribution is -2.39. The smallest absolute Gasteiger partial charge is 0.338 e. The lowest BCUT2D eigenvalue weighted by molar-refractivity contribution is -0.384. The number of rotatable bonds is 4. The summed E-state index contributed by atoms with van der Waals surface area (Å²) in [5, 5.41) is 23.6. The molecule has 1 saturated heterocycles. The molecule has 1 amide bonds. The van der Waals surface area contributed by atoms with E-state index in [2.05, 4.69) is 20.3 Å². The van der Waals surface area contributed by atoms with Crippen molar-refractivity contribution >= 4 is 17.2 Å². The molecular weight excluding hydrogens is 469 g/mol. The van der Waals surface area contributed by atoms with Crippen LogP contribution in [0, 0.1) is 10.1 Å². The second-order valence-electron chi connectivity index (χ2n) is 8.09. The minimum atomic E-state index is -4.52. The average Bonchev–Trinajstić information content (AvgIpc) is 3.52. The van der Waals surface area contributed by atoms with E-state index < -0.39 is 22.6 Å². The third kappa shape index (κ3) is 4.18. The molecule has 35 heavy (non-hydrogen) atoms. The van der Waals surface area contributed by atoms with E-state index >= 15 is 0 Å². The maximum Gasteiger partial charge on any atom is 0.417 e. The van der Waals surface area contributed by atoms with Crippen LogP contribution < -0.4 is 0 Å². The number of hydrogen-bond donors (Lipinski definition) is 0. The second-order valence-corrected chi connectivity index (χ2v) is 8.09. The van der Waals surface area contributed by atoms with Crippen molar-refractivity contribution in [2.75, 3.05) is 13.1 Å². The van der Waals surface area contributed by atoms with Gasteiger partial charge < -0.3 is 4.90 Å². The number of nitrogens with zero attached hydrogens (tertiary/aromatic N) is 8. The van der Waals surface area contributed by atoms with Gasteiger partial charge in [-0.15, -0.1) is 10.2 Å². The SMILES string of the molecule is O=C(c1ccc(-n2cncn2)c([N+](=O)[O-])c1)N1CCCC(c2nnc3ccc(C(F)(F)F)cn23)C1. The van der Waals surface area contributed by atoms with Crippen molar-refractivity contribution in [3.63, 3.8) is 0 Å². The highest BCUT2D eigenvalue weighted by Gasteiger charge is 2.33. The van der Waals surface area contributed by atoms with E-state index in [4.69, 9.17) is 0 Å². The first kappa shape index (κ1) is 22.4. The Hall–Kier alpha value is -4.36. The van der Waals surface area contributed by atoms with Gasteiger partial charge in [0.25, 0.3) is 11.6 Å². The van der Waals surface area contributed by atoms with Crippen LogP contribution >= 0.6 is 0 Å². The predicted octanol–water partition coefficient (Wildman–Crippen LogP) is 3.26. The van der Waals surface area contributed by atoms with Gasteiger partial charge in [0.1, 0.15) is 24.2 Å². The number of hydrogen-bond acceptors (Lipinski definition) is 7. The lowest BCUT2D eigenvalue weighted by atomic mass is 9.96. The maximum absolute atomic E-state index is 13.2. The van der Waals surface area contributed by atoms with E-state index in [1.54, 1.807) is 0 Å². The summed E-state index contributed by atoms with van der Waals surface area (Å²) >= 11 is 0. The Morgan fingerprint density at radius 3 is 2.71 bits per heavy atom. The first-order chi connectivity index (χ1) is 16.7. The summed E-state index contributed by atoms with van der Waals surface area (Å²) in [6.07, 6.45) is 0.180. The van der Waals surface area contributed by atoms with Crippen LogP contribution in [0.25, 0.3) is 11.3 Å². The van der Waals surface area contributed by atoms with Gasteiger partial charge in [-0.1, -0.05) is 0 Å². The molecule has 3 aromatic heterocycles. The molecular formula is C21H17F3N8O3. The first-order valence-electron chi connectivity index (χ1n) is 10.6. The minimum absolute atomic E-state index is 0.117. The molecule has 11 nitrogen and oxygen atoms in total. The highest BCUT2D eigenvalue weighted by atomic mass is 19.4. The molecule has 4 heterocycles. The summed E-state index contributed by atoms with van der Waals surface area (Å²) < 4.78 is 42.1. The fraction of sp³-hybridized carbons (Fsp3) is 0.286. The molecule has 14 heteroatoms. The number of alkyl halides is 3. The number of halogens is 3. The van der Waals surface area contributed by atoms with Crippen molar-refractivity contribution in [2.24, 2.45) is 0 Å². The molecule has 0 bridgehead atoms. The number of carbonyl (C=O) groups is 1. The molecule has 1 aliphatic heterocycles. The summed E-state index contributed by atoms with van der Waals surface area (Å²) in [5.41, 5.74) is -0.578. The van der Waals surface area contributed by atoms with Gasteiger partial charge in [0, 0.05) is 36.8 Å². The number of fused-ring (bicyclic) bond motifs is 1. The van der Waals surface area contributed by atoms with Crippen LogP contribution in [-0.4, -0.2) is 58.2 Å². The van der Waals surface area contributed by atoms with Gasteiger partial charge in [0.2, 0.25) is 0 Å². The number of amides is 1. The molecule has 1 fully saturated rings. The van der Waals surface area contributed by atoms with E-state index in [-0.39, 0.29) is 35.0 Å². The van der Waals surface area contributed by atoms with Crippen molar-refractivity contribution in [3.8, 4) is 5.69 Å². The average molecular weight is 486 g/mol. The second kappa shape index (κ2) is 8.45. The molecule has 1 atom stereocenters. The third-order valence-electron chi connectivity index (χ3n) is 5.91. The highest BCUT2D eigenvalue weighted by molar-refractivity contribution is 5.95. The Balaban J connectivity index is 1.42. The van der Waals surface area contributed by atoms with Crippen LogP contribution in [0.5, 0.6) is 0 Å². The molecule has 0 aliphatic carbocycles. The molecule has 0 radical (unpaired) electrons. The number of pyridine rings is 1. The fourth-order valence-corrected chi connectivity index (χ4v) is 4.24. The number of nitro benzene ring substituents is 1. The minimum Gasteiger partial charge on any atom is -0.338 e. The number of aromatic nitrogens is 6. The number of nitro groups is 1. The zero-order valence-corrected chi connectivity index (χ0v) is 18.0. The Labute approximate surface area is 195 Å². The van der Waals surface area contributed by atoms with Crippen LogP contribution in [0.2, 0.25) is 0 Å². The number of piperidine rings is 1. The standard InChI is InChI=1S/C21H17F3N8O3/c22-21(23,24)15-4-6-18-27-28-19(30(18)10-15)14-2-1-7-29(9-14)20(33)13-3-5-16(17(8-13)32(34)35)31-12-25-11-26-31/h3-6,8,10-12,14H,1-2,7,9H2. The topological polar surface area (TPSA) is 124 Å². The zero-order valence-electron chi connectivity index (χ0n) is 18.0. The monoisotopic (exact) mass is 486 g/mol.